The molecule has 0 aliphatic carbocycles. The van der Waals surface area contributed by atoms with E-state index in [9.17, 15) is 4.39 Å². The molecule has 0 atom stereocenters. The Morgan fingerprint density at radius 1 is 0.826 bits per heavy atom. The number of ether oxygens (including phenoxy) is 2. The molecule has 0 aliphatic rings. The molecule has 0 aliphatic heterocycles. The smallest absolute Gasteiger partial charge is 0.113 e. The third kappa shape index (κ3) is 4.09. The number of benzene rings is 2. The highest BCUT2D eigenvalue weighted by Crippen LogP contribution is 2.26. The van der Waals surface area contributed by atoms with Gasteiger partial charge in [-0.25, -0.2) is 4.39 Å². The van der Waals surface area contributed by atoms with Gasteiger partial charge in [0, 0.05) is 28.4 Å². The molecule has 122 valence electrons. The first-order valence-electron chi connectivity index (χ1n) is 8.09. The molecule has 0 radical (unpaired) electrons. The monoisotopic (exact) mass is 315 g/mol. The number of alkyl halides is 1. The summed E-state index contributed by atoms with van der Waals surface area (Å²) < 4.78 is 22.3. The molecule has 23 heavy (non-hydrogen) atoms. The van der Waals surface area contributed by atoms with Gasteiger partial charge in [-0.3, -0.25) is 0 Å². The van der Waals surface area contributed by atoms with Crippen molar-refractivity contribution in [1.82, 2.24) is 4.98 Å². The van der Waals surface area contributed by atoms with Gasteiger partial charge in [0.1, 0.15) is 6.67 Å². The van der Waals surface area contributed by atoms with Crippen LogP contribution in [0.5, 0.6) is 0 Å². The molecule has 0 fully saturated rings. The van der Waals surface area contributed by atoms with Crippen LogP contribution in [0, 0.1) is 0 Å². The second-order valence-electron chi connectivity index (χ2n) is 5.57. The summed E-state index contributed by atoms with van der Waals surface area (Å²) in [5.41, 5.74) is 3.67. The van der Waals surface area contributed by atoms with E-state index in [2.05, 4.69) is 41.4 Å². The Bertz CT molecular complexity index is 753. The van der Waals surface area contributed by atoms with Crippen molar-refractivity contribution in [3.63, 3.8) is 0 Å². The fraction of sp³-hybridized carbons (Fsp3) is 0.368. The molecule has 1 heterocycles. The predicted octanol–water partition coefficient (Wildman–Crippen LogP) is 4.26. The van der Waals surface area contributed by atoms with Crippen LogP contribution < -0.4 is 0 Å². The van der Waals surface area contributed by atoms with Crippen LogP contribution in [-0.4, -0.2) is 38.1 Å². The Morgan fingerprint density at radius 3 is 2.48 bits per heavy atom. The first-order chi connectivity index (χ1) is 11.4. The molecule has 4 heteroatoms. The molecule has 3 aromatic rings. The topological polar surface area (TPSA) is 34.2 Å². The van der Waals surface area contributed by atoms with Crippen molar-refractivity contribution < 1.29 is 13.9 Å². The van der Waals surface area contributed by atoms with Crippen LogP contribution in [0.15, 0.2) is 42.5 Å². The van der Waals surface area contributed by atoms with Crippen LogP contribution in [0.25, 0.3) is 21.8 Å². The summed E-state index contributed by atoms with van der Waals surface area (Å²) in [6, 6.07) is 15.0. The van der Waals surface area contributed by atoms with E-state index in [0.29, 0.717) is 19.8 Å². The number of fused-ring (bicyclic) bond motifs is 3. The molecule has 0 saturated carbocycles. The van der Waals surface area contributed by atoms with E-state index in [0.717, 1.165) is 12.8 Å². The van der Waals surface area contributed by atoms with E-state index in [1.807, 2.05) is 6.07 Å². The Morgan fingerprint density at radius 2 is 1.61 bits per heavy atom. The number of nitrogens with one attached hydrogen (secondary N) is 1. The largest absolute Gasteiger partial charge is 0.379 e. The number of aryl methyl sites for hydroxylation is 1. The second kappa shape index (κ2) is 8.09. The summed E-state index contributed by atoms with van der Waals surface area (Å²) in [5.74, 6) is 0. The quantitative estimate of drug-likeness (QED) is 0.599. The number of halogens is 1. The van der Waals surface area contributed by atoms with Crippen molar-refractivity contribution in [2.45, 2.75) is 12.8 Å². The molecular weight excluding hydrogens is 293 g/mol. The van der Waals surface area contributed by atoms with E-state index >= 15 is 0 Å². The molecule has 1 aromatic heterocycles. The summed E-state index contributed by atoms with van der Waals surface area (Å²) in [6.45, 7) is 1.42. The highest BCUT2D eigenvalue weighted by atomic mass is 19.1. The van der Waals surface area contributed by atoms with Crippen LogP contribution in [0.3, 0.4) is 0 Å². The van der Waals surface area contributed by atoms with Crippen LogP contribution >= 0.6 is 0 Å². The Hall–Kier alpha value is -1.91. The van der Waals surface area contributed by atoms with Crippen LogP contribution in [0.4, 0.5) is 4.39 Å². The Balaban J connectivity index is 1.50. The Labute approximate surface area is 135 Å². The zero-order valence-corrected chi connectivity index (χ0v) is 13.2. The third-order valence-electron chi connectivity index (χ3n) is 3.92. The first-order valence-corrected chi connectivity index (χ1v) is 8.09. The molecule has 3 nitrogen and oxygen atoms in total. The van der Waals surface area contributed by atoms with Gasteiger partial charge in [0.25, 0.3) is 0 Å². The van der Waals surface area contributed by atoms with Gasteiger partial charge in [-0.2, -0.15) is 0 Å². The number of H-pyrrole nitrogens is 1. The minimum absolute atomic E-state index is 0.161. The maximum Gasteiger partial charge on any atom is 0.113 e. The lowest BCUT2D eigenvalue weighted by molar-refractivity contribution is 0.0421. The van der Waals surface area contributed by atoms with Gasteiger partial charge in [-0.1, -0.05) is 30.3 Å². The normalized spacial score (nSPS) is 11.5. The van der Waals surface area contributed by atoms with E-state index in [4.69, 9.17) is 9.47 Å². The van der Waals surface area contributed by atoms with Gasteiger partial charge in [0.05, 0.1) is 19.8 Å². The summed E-state index contributed by atoms with van der Waals surface area (Å²) in [5, 5.41) is 2.54. The molecule has 2 aromatic carbocycles. The lowest BCUT2D eigenvalue weighted by Gasteiger charge is -2.05. The number of hydrogen-bond acceptors (Lipinski definition) is 2. The lowest BCUT2D eigenvalue weighted by atomic mass is 10.1. The van der Waals surface area contributed by atoms with E-state index < -0.39 is 6.67 Å². The molecule has 0 unspecified atom stereocenters. The van der Waals surface area contributed by atoms with Gasteiger partial charge < -0.3 is 14.5 Å². The van der Waals surface area contributed by atoms with Crippen LogP contribution in [0.1, 0.15) is 12.0 Å². The zero-order chi connectivity index (χ0) is 15.9. The lowest BCUT2D eigenvalue weighted by Crippen LogP contribution is -2.07. The van der Waals surface area contributed by atoms with Crippen LogP contribution in [0.2, 0.25) is 0 Å². The van der Waals surface area contributed by atoms with Gasteiger partial charge >= 0.3 is 0 Å². The number of rotatable bonds is 9. The number of hydrogen-bond donors (Lipinski definition) is 1. The van der Waals surface area contributed by atoms with E-state index in [1.165, 1.54) is 27.4 Å². The van der Waals surface area contributed by atoms with Crippen LogP contribution in [-0.2, 0) is 15.9 Å². The van der Waals surface area contributed by atoms with Crippen molar-refractivity contribution in [2.75, 3.05) is 33.1 Å². The molecule has 0 saturated heterocycles. The standard InChI is InChI=1S/C19H22FNO2/c20-9-11-23-13-12-22-10-3-4-15-7-8-17-16-5-1-2-6-18(16)21-19(17)14-15/h1-2,5-8,14,21H,3-4,9-13H2. The van der Waals surface area contributed by atoms with Gasteiger partial charge in [0.15, 0.2) is 0 Å². The number of aromatic amines is 1. The van der Waals surface area contributed by atoms with Gasteiger partial charge in [-0.05, 0) is 30.5 Å². The van der Waals surface area contributed by atoms with Crippen molar-refractivity contribution in [3.8, 4) is 0 Å². The highest BCUT2D eigenvalue weighted by Gasteiger charge is 2.04. The van der Waals surface area contributed by atoms with E-state index in [1.54, 1.807) is 0 Å². The van der Waals surface area contributed by atoms with Gasteiger partial charge in [0.2, 0.25) is 0 Å². The molecular formula is C19H22FNO2. The third-order valence-corrected chi connectivity index (χ3v) is 3.92. The minimum Gasteiger partial charge on any atom is -0.379 e. The molecule has 0 amide bonds. The summed E-state index contributed by atoms with van der Waals surface area (Å²) >= 11 is 0. The van der Waals surface area contributed by atoms with Crippen molar-refractivity contribution in [2.24, 2.45) is 0 Å². The zero-order valence-electron chi connectivity index (χ0n) is 13.2. The highest BCUT2D eigenvalue weighted by molar-refractivity contribution is 6.07. The molecule has 0 spiro atoms. The summed E-state index contributed by atoms with van der Waals surface area (Å²) in [4.78, 5) is 3.47. The summed E-state index contributed by atoms with van der Waals surface area (Å²) in [7, 11) is 0. The molecule has 1 N–H and O–H groups in total. The van der Waals surface area contributed by atoms with E-state index in [-0.39, 0.29) is 6.61 Å². The van der Waals surface area contributed by atoms with Crippen molar-refractivity contribution in [3.05, 3.63) is 48.0 Å². The number of para-hydroxylation sites is 1. The van der Waals surface area contributed by atoms with Crippen molar-refractivity contribution >= 4 is 21.8 Å². The summed E-state index contributed by atoms with van der Waals surface area (Å²) in [6.07, 6.45) is 1.95. The molecule has 0 bridgehead atoms. The minimum atomic E-state index is -0.434. The first kappa shape index (κ1) is 16.0. The fourth-order valence-electron chi connectivity index (χ4n) is 2.81. The Kier molecular flexibility index (Phi) is 5.61. The number of aromatic nitrogens is 1. The maximum atomic E-state index is 11.8. The maximum absolute atomic E-state index is 11.8. The predicted molar refractivity (Wildman–Crippen MR) is 91.7 cm³/mol. The fourth-order valence-corrected chi connectivity index (χ4v) is 2.81. The van der Waals surface area contributed by atoms with Gasteiger partial charge in [-0.15, -0.1) is 0 Å². The van der Waals surface area contributed by atoms with Crippen molar-refractivity contribution in [1.29, 1.82) is 0 Å². The average molecular weight is 315 g/mol. The average Bonchev–Trinajstić information content (AvgIpc) is 2.95. The SMILES string of the molecule is FCCOCCOCCCc1ccc2c(c1)[nH]c1ccccc12. The molecule has 3 rings (SSSR count). The second-order valence-corrected chi connectivity index (χ2v) is 5.57.